The topological polar surface area (TPSA) is 21.7 Å². The zero-order valence-corrected chi connectivity index (χ0v) is 15.8. The van der Waals surface area contributed by atoms with Crippen LogP contribution in [0, 0.1) is 6.92 Å². The molecule has 1 spiro atoms. The van der Waals surface area contributed by atoms with Gasteiger partial charge in [-0.1, -0.05) is 48.0 Å². The van der Waals surface area contributed by atoms with Crippen LogP contribution in [0.25, 0.3) is 5.57 Å². The lowest BCUT2D eigenvalue weighted by Gasteiger charge is -2.44. The van der Waals surface area contributed by atoms with Crippen LogP contribution >= 0.6 is 0 Å². The minimum Gasteiger partial charge on any atom is -0.445 e. The van der Waals surface area contributed by atoms with Crippen molar-refractivity contribution in [2.75, 3.05) is 0 Å². The first-order valence-electron chi connectivity index (χ1n) is 9.47. The summed E-state index contributed by atoms with van der Waals surface area (Å²) in [5, 5.41) is 0. The van der Waals surface area contributed by atoms with Gasteiger partial charge in [-0.05, 0) is 61.8 Å². The highest BCUT2D eigenvalue weighted by Crippen LogP contribution is 2.53. The third kappa shape index (κ3) is 2.46. The Hall–Kier alpha value is -2.78. The van der Waals surface area contributed by atoms with Crippen molar-refractivity contribution in [3.63, 3.8) is 0 Å². The molecule has 0 aromatic heterocycles. The average molecular weight is 357 g/mol. The van der Waals surface area contributed by atoms with Crippen molar-refractivity contribution in [3.05, 3.63) is 101 Å². The number of benzene rings is 2. The van der Waals surface area contributed by atoms with E-state index in [9.17, 15) is 0 Å². The Morgan fingerprint density at radius 1 is 1.00 bits per heavy atom. The van der Waals surface area contributed by atoms with Crippen LogP contribution < -0.4 is 0 Å². The van der Waals surface area contributed by atoms with Crippen molar-refractivity contribution in [1.29, 1.82) is 0 Å². The van der Waals surface area contributed by atoms with Crippen molar-refractivity contribution in [2.24, 2.45) is 0 Å². The maximum atomic E-state index is 6.41. The third-order valence-corrected chi connectivity index (χ3v) is 5.48. The molecule has 0 saturated heterocycles. The van der Waals surface area contributed by atoms with E-state index < -0.39 is 5.91 Å². The summed E-state index contributed by atoms with van der Waals surface area (Å²) < 4.78 is 12.8. The molecule has 0 fully saturated rings. The first-order chi connectivity index (χ1) is 13.1. The number of fused-ring (bicyclic) bond motifs is 5. The summed E-state index contributed by atoms with van der Waals surface area (Å²) in [4.78, 5) is 2.20. The first kappa shape index (κ1) is 16.4. The molecule has 27 heavy (non-hydrogen) atoms. The zero-order valence-electron chi connectivity index (χ0n) is 15.8. The van der Waals surface area contributed by atoms with Crippen molar-refractivity contribution in [2.45, 2.75) is 38.8 Å². The summed E-state index contributed by atoms with van der Waals surface area (Å²) in [5.74, 6) is -0.00367. The van der Waals surface area contributed by atoms with Crippen LogP contribution in [0.15, 0.2) is 78.7 Å². The molecular formula is C24H23NO2. The quantitative estimate of drug-likeness (QED) is 0.681. The van der Waals surface area contributed by atoms with Gasteiger partial charge in [-0.25, -0.2) is 0 Å². The second-order valence-corrected chi connectivity index (χ2v) is 7.53. The summed E-state index contributed by atoms with van der Waals surface area (Å²) in [6.07, 6.45) is 8.59. The number of hydrogen-bond acceptors (Lipinski definition) is 3. The molecule has 2 unspecified atom stereocenters. The van der Waals surface area contributed by atoms with Gasteiger partial charge in [-0.15, -0.1) is 0 Å². The molecule has 2 aromatic carbocycles. The van der Waals surface area contributed by atoms with Gasteiger partial charge in [0, 0.05) is 6.20 Å². The number of aryl methyl sites for hydroxylation is 1. The van der Waals surface area contributed by atoms with Crippen LogP contribution in [0.3, 0.4) is 0 Å². The van der Waals surface area contributed by atoms with Crippen LogP contribution in [0.2, 0.25) is 0 Å². The summed E-state index contributed by atoms with van der Waals surface area (Å²) in [6.45, 7) is 6.19. The molecule has 3 atom stereocenters. The van der Waals surface area contributed by atoms with E-state index in [0.29, 0.717) is 0 Å². The summed E-state index contributed by atoms with van der Waals surface area (Å²) >= 11 is 0. The first-order valence-corrected chi connectivity index (χ1v) is 9.47. The van der Waals surface area contributed by atoms with Crippen molar-refractivity contribution in [3.8, 4) is 0 Å². The Bertz CT molecular complexity index is 1000. The van der Waals surface area contributed by atoms with Crippen LogP contribution in [0.1, 0.15) is 42.1 Å². The molecule has 3 aliphatic heterocycles. The zero-order chi connectivity index (χ0) is 18.6. The molecule has 0 aliphatic carbocycles. The smallest absolute Gasteiger partial charge is 0.324 e. The lowest BCUT2D eigenvalue weighted by molar-refractivity contribution is -0.318. The average Bonchev–Trinajstić information content (AvgIpc) is 2.90. The van der Waals surface area contributed by atoms with Crippen LogP contribution in [0.5, 0.6) is 0 Å². The second kappa shape index (κ2) is 5.86. The molecule has 0 amide bonds. The van der Waals surface area contributed by atoms with Gasteiger partial charge in [0.15, 0.2) is 0 Å². The number of hydrogen-bond donors (Lipinski definition) is 0. The van der Waals surface area contributed by atoms with Crippen LogP contribution in [-0.2, 0) is 15.4 Å². The van der Waals surface area contributed by atoms with E-state index in [1.165, 1.54) is 22.3 Å². The van der Waals surface area contributed by atoms with Gasteiger partial charge in [0.05, 0.1) is 23.5 Å². The van der Waals surface area contributed by atoms with Gasteiger partial charge in [-0.3, -0.25) is 0 Å². The number of rotatable bonds is 1. The third-order valence-electron chi connectivity index (χ3n) is 5.48. The van der Waals surface area contributed by atoms with Gasteiger partial charge in [0.1, 0.15) is 0 Å². The molecular weight excluding hydrogens is 334 g/mol. The van der Waals surface area contributed by atoms with E-state index in [2.05, 4.69) is 85.6 Å². The van der Waals surface area contributed by atoms with Gasteiger partial charge >= 0.3 is 5.91 Å². The number of ether oxygens (including phenoxy) is 2. The fourth-order valence-electron chi connectivity index (χ4n) is 4.40. The normalized spacial score (nSPS) is 28.3. The molecule has 3 heterocycles. The molecule has 3 nitrogen and oxygen atoms in total. The molecule has 0 saturated carbocycles. The van der Waals surface area contributed by atoms with Gasteiger partial charge in [0.2, 0.25) is 0 Å². The Morgan fingerprint density at radius 3 is 2.67 bits per heavy atom. The summed E-state index contributed by atoms with van der Waals surface area (Å²) in [5.41, 5.74) is 6.04. The number of allylic oxidation sites excluding steroid dienone is 3. The highest BCUT2D eigenvalue weighted by Gasteiger charge is 2.54. The fourth-order valence-corrected chi connectivity index (χ4v) is 4.40. The monoisotopic (exact) mass is 357 g/mol. The lowest BCUT2D eigenvalue weighted by Crippen LogP contribution is -2.47. The van der Waals surface area contributed by atoms with Gasteiger partial charge in [-0.2, -0.15) is 0 Å². The second-order valence-electron chi connectivity index (χ2n) is 7.53. The Kier molecular flexibility index (Phi) is 3.56. The lowest BCUT2D eigenvalue weighted by atomic mass is 9.96. The molecule has 5 rings (SSSR count). The molecule has 0 N–H and O–H groups in total. The fraction of sp³-hybridized carbons (Fsp3) is 0.250. The highest BCUT2D eigenvalue weighted by molar-refractivity contribution is 5.76. The molecule has 136 valence electrons. The minimum absolute atomic E-state index is 0.0129. The Morgan fingerprint density at radius 2 is 1.85 bits per heavy atom. The summed E-state index contributed by atoms with van der Waals surface area (Å²) in [6, 6.07) is 17.1. The predicted octanol–water partition coefficient (Wildman–Crippen LogP) is 5.41. The maximum Gasteiger partial charge on any atom is 0.324 e. The minimum atomic E-state index is -0.898. The predicted molar refractivity (Wildman–Crippen MR) is 106 cm³/mol. The largest absolute Gasteiger partial charge is 0.445 e. The van der Waals surface area contributed by atoms with Crippen LogP contribution in [0.4, 0.5) is 0 Å². The summed E-state index contributed by atoms with van der Waals surface area (Å²) in [7, 11) is 0. The standard InChI is InChI=1S/C24H23NO2/c1-16-7-6-8-19(13-16)20-11-12-25-23(15-20)21-9-4-5-10-22(21)24(25)26-17(2)14-18(3)27-24/h4-15,17,23H,1-3H3/t17?,23?,24-/m0/s1. The highest BCUT2D eigenvalue weighted by atomic mass is 16.7. The molecule has 3 aliphatic rings. The SMILES string of the molecule is CC1=CC(C)O[C@]2(O1)c1ccccc1C1C=C(c3cccc(C)c3)C=CN12. The number of nitrogens with zero attached hydrogens (tertiary/aromatic N) is 1. The van der Waals surface area contributed by atoms with Crippen molar-refractivity contribution < 1.29 is 9.47 Å². The maximum absolute atomic E-state index is 6.41. The van der Waals surface area contributed by atoms with E-state index in [0.717, 1.165) is 11.3 Å². The van der Waals surface area contributed by atoms with Gasteiger partial charge in [0.25, 0.3) is 0 Å². The molecule has 3 heteroatoms. The Labute approximate surface area is 160 Å². The van der Waals surface area contributed by atoms with E-state index in [4.69, 9.17) is 9.47 Å². The van der Waals surface area contributed by atoms with E-state index in [1.54, 1.807) is 0 Å². The Balaban J connectivity index is 1.64. The van der Waals surface area contributed by atoms with E-state index >= 15 is 0 Å². The van der Waals surface area contributed by atoms with Crippen molar-refractivity contribution >= 4 is 5.57 Å². The molecule has 0 radical (unpaired) electrons. The van der Waals surface area contributed by atoms with E-state index in [1.807, 2.05) is 13.0 Å². The van der Waals surface area contributed by atoms with Crippen molar-refractivity contribution in [1.82, 2.24) is 4.90 Å². The molecule has 0 bridgehead atoms. The van der Waals surface area contributed by atoms with Gasteiger partial charge < -0.3 is 14.4 Å². The van der Waals surface area contributed by atoms with Crippen LogP contribution in [-0.4, -0.2) is 11.0 Å². The van der Waals surface area contributed by atoms with E-state index in [-0.39, 0.29) is 12.1 Å². The molecule has 2 aromatic rings.